The summed E-state index contributed by atoms with van der Waals surface area (Å²) in [6.07, 6.45) is 8.67. The van der Waals surface area contributed by atoms with Gasteiger partial charge in [0.1, 0.15) is 5.71 Å². The van der Waals surface area contributed by atoms with E-state index in [0.29, 0.717) is 12.1 Å². The average Bonchev–Trinajstić information content (AvgIpc) is 2.97. The van der Waals surface area contributed by atoms with E-state index in [2.05, 4.69) is 25.1 Å². The Labute approximate surface area is 113 Å². The van der Waals surface area contributed by atoms with Crippen molar-refractivity contribution >= 4 is 17.9 Å². The summed E-state index contributed by atoms with van der Waals surface area (Å²) in [4.78, 5) is 29.3. The predicted octanol–water partition coefficient (Wildman–Crippen LogP) is 1.89. The Kier molecular flexibility index (Phi) is 3.51. The maximum atomic E-state index is 12.5. The van der Waals surface area contributed by atoms with Gasteiger partial charge in [-0.25, -0.2) is 0 Å². The van der Waals surface area contributed by atoms with Crippen LogP contribution in [-0.4, -0.2) is 34.9 Å². The Balaban J connectivity index is 2.20. The second-order valence-electron chi connectivity index (χ2n) is 5.30. The Bertz CT molecular complexity index is 492. The molecule has 1 heterocycles. The van der Waals surface area contributed by atoms with E-state index in [1.807, 2.05) is 0 Å². The monoisotopic (exact) mass is 258 g/mol. The molecule has 3 unspecified atom stereocenters. The first-order valence-corrected chi connectivity index (χ1v) is 6.32. The number of hydrogen-bond acceptors (Lipinski definition) is 3. The van der Waals surface area contributed by atoms with Crippen molar-refractivity contribution in [2.45, 2.75) is 31.8 Å². The molecule has 19 heavy (non-hydrogen) atoms. The molecule has 1 amide bonds. The minimum absolute atomic E-state index is 0.114. The van der Waals surface area contributed by atoms with Crippen molar-refractivity contribution in [1.82, 2.24) is 4.90 Å². The highest BCUT2D eigenvalue weighted by atomic mass is 16.2. The number of nitrogens with zero attached hydrogens (tertiary/aromatic N) is 2. The van der Waals surface area contributed by atoms with Gasteiger partial charge in [0, 0.05) is 12.2 Å². The fourth-order valence-electron chi connectivity index (χ4n) is 2.82. The number of fused-ring (bicyclic) bond motifs is 1. The van der Waals surface area contributed by atoms with Crippen molar-refractivity contribution in [1.29, 1.82) is 0 Å². The fraction of sp³-hybridized carbons (Fsp3) is 0.400. The Morgan fingerprint density at radius 3 is 2.74 bits per heavy atom. The molecule has 0 bridgehead atoms. The highest BCUT2D eigenvalue weighted by Gasteiger charge is 2.62. The van der Waals surface area contributed by atoms with Crippen LogP contribution < -0.4 is 0 Å². The predicted molar refractivity (Wildman–Crippen MR) is 74.8 cm³/mol. The summed E-state index contributed by atoms with van der Waals surface area (Å²) in [5.41, 5.74) is 0.430. The molecule has 1 aliphatic carbocycles. The maximum Gasteiger partial charge on any atom is 0.210 e. The Morgan fingerprint density at radius 2 is 2.16 bits per heavy atom. The topological polar surface area (TPSA) is 49.7 Å². The Hall–Kier alpha value is -1.97. The lowest BCUT2D eigenvalue weighted by Crippen LogP contribution is -2.41. The van der Waals surface area contributed by atoms with Crippen molar-refractivity contribution < 1.29 is 9.59 Å². The molecule has 0 N–H and O–H groups in total. The maximum absolute atomic E-state index is 12.5. The molecular formula is C15H18N2O2. The van der Waals surface area contributed by atoms with Crippen LogP contribution in [0, 0.1) is 5.41 Å². The molecule has 4 nitrogen and oxygen atoms in total. The van der Waals surface area contributed by atoms with Gasteiger partial charge in [-0.05, 0) is 24.3 Å². The van der Waals surface area contributed by atoms with E-state index in [9.17, 15) is 9.59 Å². The summed E-state index contributed by atoms with van der Waals surface area (Å²) < 4.78 is 0. The number of amides is 1. The molecule has 0 spiro atoms. The minimum Gasteiger partial charge on any atom is -0.331 e. The fourth-order valence-corrected chi connectivity index (χ4v) is 2.82. The number of likely N-dealkylation sites (tertiary alicyclic amines) is 1. The van der Waals surface area contributed by atoms with Crippen LogP contribution in [0.5, 0.6) is 0 Å². The van der Waals surface area contributed by atoms with Crippen molar-refractivity contribution in [3.8, 4) is 0 Å². The standard InChI is InChI=1S/C15H18N2O2/c1-4-6-7-11(16-5-2)14(19)12-8-15(3)9-13(15)17(12)10-18/h4-7,10,12-13H,1-2,8-9H2,3H3/b7-6-,16-11+. The van der Waals surface area contributed by atoms with E-state index in [-0.39, 0.29) is 17.2 Å². The lowest BCUT2D eigenvalue weighted by Gasteiger charge is -2.21. The molecule has 3 atom stereocenters. The second kappa shape index (κ2) is 4.96. The molecule has 100 valence electrons. The molecule has 1 saturated heterocycles. The third-order valence-corrected chi connectivity index (χ3v) is 3.98. The largest absolute Gasteiger partial charge is 0.331 e. The second-order valence-corrected chi connectivity index (χ2v) is 5.30. The van der Waals surface area contributed by atoms with Crippen LogP contribution in [0.1, 0.15) is 19.8 Å². The first-order valence-electron chi connectivity index (χ1n) is 6.32. The van der Waals surface area contributed by atoms with Gasteiger partial charge in [-0.1, -0.05) is 32.2 Å². The van der Waals surface area contributed by atoms with Gasteiger partial charge in [-0.15, -0.1) is 0 Å². The van der Waals surface area contributed by atoms with Crippen molar-refractivity contribution in [2.24, 2.45) is 10.4 Å². The number of carbonyl (C=O) groups is 2. The van der Waals surface area contributed by atoms with Crippen molar-refractivity contribution in [3.05, 3.63) is 37.6 Å². The van der Waals surface area contributed by atoms with Gasteiger partial charge >= 0.3 is 0 Å². The zero-order valence-corrected chi connectivity index (χ0v) is 11.1. The van der Waals surface area contributed by atoms with Gasteiger partial charge in [-0.2, -0.15) is 0 Å². The van der Waals surface area contributed by atoms with Crippen LogP contribution in [0.3, 0.4) is 0 Å². The van der Waals surface area contributed by atoms with E-state index in [0.717, 1.165) is 12.8 Å². The number of aliphatic imine (C=N–C) groups is 1. The van der Waals surface area contributed by atoms with Gasteiger partial charge in [-0.3, -0.25) is 14.6 Å². The highest BCUT2D eigenvalue weighted by molar-refractivity contribution is 6.46. The summed E-state index contributed by atoms with van der Waals surface area (Å²) in [5.74, 6) is -0.126. The van der Waals surface area contributed by atoms with Crippen LogP contribution in [0.2, 0.25) is 0 Å². The van der Waals surface area contributed by atoms with E-state index in [4.69, 9.17) is 0 Å². The quantitative estimate of drug-likeness (QED) is 0.415. The summed E-state index contributed by atoms with van der Waals surface area (Å²) in [6.45, 7) is 9.19. The zero-order valence-electron chi connectivity index (χ0n) is 11.1. The van der Waals surface area contributed by atoms with E-state index < -0.39 is 6.04 Å². The van der Waals surface area contributed by atoms with E-state index in [1.165, 1.54) is 6.20 Å². The lowest BCUT2D eigenvalue weighted by molar-refractivity contribution is -0.127. The van der Waals surface area contributed by atoms with Crippen LogP contribution >= 0.6 is 0 Å². The van der Waals surface area contributed by atoms with Crippen LogP contribution in [0.15, 0.2) is 42.6 Å². The molecule has 2 fully saturated rings. The number of carbonyl (C=O) groups excluding carboxylic acids is 2. The van der Waals surface area contributed by atoms with E-state index in [1.54, 1.807) is 23.1 Å². The zero-order chi connectivity index (χ0) is 14.0. The number of allylic oxidation sites excluding steroid dienone is 3. The molecule has 4 heteroatoms. The van der Waals surface area contributed by atoms with E-state index >= 15 is 0 Å². The molecule has 0 aromatic rings. The van der Waals surface area contributed by atoms with Gasteiger partial charge < -0.3 is 4.90 Å². The number of ketones is 1. The van der Waals surface area contributed by atoms with Crippen molar-refractivity contribution in [3.63, 3.8) is 0 Å². The van der Waals surface area contributed by atoms with Crippen LogP contribution in [0.4, 0.5) is 0 Å². The van der Waals surface area contributed by atoms with Crippen molar-refractivity contribution in [2.75, 3.05) is 0 Å². The summed E-state index contributed by atoms with van der Waals surface area (Å²) >= 11 is 0. The first-order chi connectivity index (χ1) is 9.07. The van der Waals surface area contributed by atoms with Gasteiger partial charge in [0.05, 0.1) is 6.04 Å². The number of Topliss-reactive ketones (excluding diaryl/α,β-unsaturated/α-hetero) is 1. The third kappa shape index (κ3) is 2.30. The molecule has 0 aromatic carbocycles. The van der Waals surface area contributed by atoms with Gasteiger partial charge in [0.2, 0.25) is 12.2 Å². The first kappa shape index (κ1) is 13.5. The smallest absolute Gasteiger partial charge is 0.210 e. The number of piperidine rings is 1. The summed E-state index contributed by atoms with van der Waals surface area (Å²) in [7, 11) is 0. The summed E-state index contributed by atoms with van der Waals surface area (Å²) in [5, 5.41) is 0. The molecule has 2 aliphatic rings. The summed E-state index contributed by atoms with van der Waals surface area (Å²) in [6, 6.07) is -0.179. The molecular weight excluding hydrogens is 240 g/mol. The van der Waals surface area contributed by atoms with Crippen LogP contribution in [0.25, 0.3) is 0 Å². The van der Waals surface area contributed by atoms with Crippen LogP contribution in [-0.2, 0) is 9.59 Å². The molecule has 2 rings (SSSR count). The SMILES string of the molecule is C=C/C=C\C(=N/C=C)C(=O)C1CC2(C)CC2N1C=O. The van der Waals surface area contributed by atoms with Gasteiger partial charge in [0.15, 0.2) is 0 Å². The normalized spacial score (nSPS) is 33.1. The number of hydrogen-bond donors (Lipinski definition) is 0. The number of rotatable bonds is 6. The molecule has 0 radical (unpaired) electrons. The lowest BCUT2D eigenvalue weighted by atomic mass is 9.97. The minimum atomic E-state index is -0.394. The third-order valence-electron chi connectivity index (χ3n) is 3.98. The highest BCUT2D eigenvalue weighted by Crippen LogP contribution is 2.58. The molecule has 0 aromatic heterocycles. The molecule has 1 saturated carbocycles. The molecule has 1 aliphatic heterocycles. The average molecular weight is 258 g/mol. The van der Waals surface area contributed by atoms with Gasteiger partial charge in [0.25, 0.3) is 0 Å². The Morgan fingerprint density at radius 1 is 1.42 bits per heavy atom.